The van der Waals surface area contributed by atoms with E-state index >= 15 is 0 Å². The Kier molecular flexibility index (Phi) is 5.52. The van der Waals surface area contributed by atoms with Crippen LogP contribution in [-0.4, -0.2) is 19.9 Å². The van der Waals surface area contributed by atoms with Crippen LogP contribution in [0.4, 0.5) is 0 Å². The normalized spacial score (nSPS) is 18.5. The van der Waals surface area contributed by atoms with E-state index in [1.165, 1.54) is 0 Å². The van der Waals surface area contributed by atoms with Crippen molar-refractivity contribution in [1.82, 2.24) is 4.98 Å². The number of rotatable bonds is 5. The smallest absolute Gasteiger partial charge is 0.324 e. The molecule has 0 saturated heterocycles. The second-order valence-corrected chi connectivity index (χ2v) is 9.64. The molecule has 1 atom stereocenters. The lowest BCUT2D eigenvalue weighted by Crippen LogP contribution is -2.41. The van der Waals surface area contributed by atoms with Crippen LogP contribution >= 0.6 is 7.60 Å². The molecule has 4 rings (SSSR count). The third kappa shape index (κ3) is 4.05. The average Bonchev–Trinajstić information content (AvgIpc) is 2.75. The standard InChI is InChI=1S/C24H23N2O3P/c1-19-5-7-22(8-6-19)26-16-11-21(20-9-14-25-15-10-20)17-23(26)18-24(30(27,28)29)12-3-2-4-13-24/h2-12,14-17H,13,18H2,1H3,(H-,27,28,29)/p+1. The Morgan fingerprint density at radius 3 is 2.40 bits per heavy atom. The molecule has 1 aliphatic rings. The molecule has 30 heavy (non-hydrogen) atoms. The average molecular weight is 419 g/mol. The van der Waals surface area contributed by atoms with E-state index in [2.05, 4.69) is 4.98 Å². The maximum absolute atomic E-state index is 12.6. The van der Waals surface area contributed by atoms with Gasteiger partial charge in [-0.3, -0.25) is 9.55 Å². The van der Waals surface area contributed by atoms with Crippen LogP contribution in [0.25, 0.3) is 16.8 Å². The molecule has 1 unspecified atom stereocenters. The van der Waals surface area contributed by atoms with Crippen LogP contribution in [0.2, 0.25) is 0 Å². The van der Waals surface area contributed by atoms with Crippen molar-refractivity contribution >= 4 is 7.60 Å². The molecule has 0 aliphatic heterocycles. The number of aromatic nitrogens is 2. The number of nitrogens with zero attached hydrogens (tertiary/aromatic N) is 2. The highest BCUT2D eigenvalue weighted by Crippen LogP contribution is 2.56. The second-order valence-electron chi connectivity index (χ2n) is 7.66. The monoisotopic (exact) mass is 419 g/mol. The van der Waals surface area contributed by atoms with Crippen molar-refractivity contribution in [3.63, 3.8) is 0 Å². The van der Waals surface area contributed by atoms with E-state index in [9.17, 15) is 14.4 Å². The summed E-state index contributed by atoms with van der Waals surface area (Å²) in [6, 6.07) is 16.0. The molecule has 0 saturated carbocycles. The van der Waals surface area contributed by atoms with Gasteiger partial charge in [-0.1, -0.05) is 42.0 Å². The fourth-order valence-electron chi connectivity index (χ4n) is 3.78. The number of pyridine rings is 2. The van der Waals surface area contributed by atoms with Crippen molar-refractivity contribution in [2.75, 3.05) is 0 Å². The summed E-state index contributed by atoms with van der Waals surface area (Å²) in [4.78, 5) is 24.6. The minimum absolute atomic E-state index is 0.213. The quantitative estimate of drug-likeness (QED) is 0.478. The summed E-state index contributed by atoms with van der Waals surface area (Å²) >= 11 is 0. The number of aryl methyl sites for hydroxylation is 1. The minimum atomic E-state index is -4.41. The first-order chi connectivity index (χ1) is 14.4. The zero-order valence-electron chi connectivity index (χ0n) is 16.7. The molecule has 2 heterocycles. The Morgan fingerprint density at radius 1 is 1.03 bits per heavy atom. The molecule has 1 aliphatic carbocycles. The van der Waals surface area contributed by atoms with Crippen LogP contribution in [0, 0.1) is 6.92 Å². The van der Waals surface area contributed by atoms with Gasteiger partial charge in [-0.05, 0) is 36.6 Å². The van der Waals surface area contributed by atoms with Crippen molar-refractivity contribution < 1.29 is 18.9 Å². The summed E-state index contributed by atoms with van der Waals surface area (Å²) in [5, 5.41) is -1.26. The van der Waals surface area contributed by atoms with Crippen molar-refractivity contribution in [2.24, 2.45) is 0 Å². The fourth-order valence-corrected chi connectivity index (χ4v) is 4.77. The Hall–Kier alpha value is -2.85. The highest BCUT2D eigenvalue weighted by molar-refractivity contribution is 7.53. The molecule has 1 aromatic carbocycles. The van der Waals surface area contributed by atoms with Gasteiger partial charge in [-0.25, -0.2) is 0 Å². The predicted octanol–water partition coefficient (Wildman–Crippen LogP) is 4.31. The van der Waals surface area contributed by atoms with Gasteiger partial charge >= 0.3 is 7.60 Å². The Labute approximate surface area is 176 Å². The van der Waals surface area contributed by atoms with Gasteiger partial charge in [-0.15, -0.1) is 0 Å². The van der Waals surface area contributed by atoms with Crippen LogP contribution in [0.1, 0.15) is 17.7 Å². The molecular formula is C24H24N2O3P+. The van der Waals surface area contributed by atoms with E-state index < -0.39 is 12.8 Å². The molecule has 6 heteroatoms. The number of benzene rings is 1. The number of hydrogen-bond donors (Lipinski definition) is 2. The van der Waals surface area contributed by atoms with Crippen LogP contribution in [0.5, 0.6) is 0 Å². The molecule has 0 radical (unpaired) electrons. The van der Waals surface area contributed by atoms with Crippen LogP contribution < -0.4 is 4.57 Å². The van der Waals surface area contributed by atoms with Crippen molar-refractivity contribution in [3.05, 3.63) is 103 Å². The van der Waals surface area contributed by atoms with E-state index in [1.807, 2.05) is 78.4 Å². The van der Waals surface area contributed by atoms with Gasteiger partial charge in [0, 0.05) is 36.7 Å². The van der Waals surface area contributed by atoms with Crippen molar-refractivity contribution in [3.8, 4) is 16.8 Å². The molecule has 0 spiro atoms. The first-order valence-electron chi connectivity index (χ1n) is 9.80. The topological polar surface area (TPSA) is 74.3 Å². The number of allylic oxidation sites excluding steroid dienone is 4. The Bertz CT molecular complexity index is 1150. The lowest BCUT2D eigenvalue weighted by atomic mass is 9.93. The lowest BCUT2D eigenvalue weighted by Gasteiger charge is -2.31. The molecule has 0 bridgehead atoms. The van der Waals surface area contributed by atoms with Crippen LogP contribution in [0.3, 0.4) is 0 Å². The van der Waals surface area contributed by atoms with E-state index in [0.717, 1.165) is 28.1 Å². The summed E-state index contributed by atoms with van der Waals surface area (Å²) in [5.74, 6) is 0. The Morgan fingerprint density at radius 2 is 1.77 bits per heavy atom. The van der Waals surface area contributed by atoms with Crippen molar-refractivity contribution in [1.29, 1.82) is 0 Å². The molecular weight excluding hydrogens is 395 g/mol. The van der Waals surface area contributed by atoms with Gasteiger partial charge in [-0.2, -0.15) is 4.57 Å². The first-order valence-corrected chi connectivity index (χ1v) is 11.4. The summed E-state index contributed by atoms with van der Waals surface area (Å²) < 4.78 is 14.6. The minimum Gasteiger partial charge on any atom is -0.324 e. The first kappa shape index (κ1) is 20.4. The molecule has 0 fully saturated rings. The summed E-state index contributed by atoms with van der Waals surface area (Å²) in [6.45, 7) is 2.03. The summed E-state index contributed by atoms with van der Waals surface area (Å²) in [7, 11) is -4.41. The largest absolute Gasteiger partial charge is 0.336 e. The lowest BCUT2D eigenvalue weighted by molar-refractivity contribution is -0.604. The molecule has 0 amide bonds. The molecule has 152 valence electrons. The van der Waals surface area contributed by atoms with Gasteiger partial charge in [0.15, 0.2) is 11.9 Å². The van der Waals surface area contributed by atoms with E-state index in [-0.39, 0.29) is 6.42 Å². The fraction of sp³-hybridized carbons (Fsp3) is 0.167. The zero-order valence-corrected chi connectivity index (χ0v) is 17.6. The maximum atomic E-state index is 12.6. The highest BCUT2D eigenvalue weighted by Gasteiger charge is 2.46. The van der Waals surface area contributed by atoms with Crippen LogP contribution in [0.15, 0.2) is 91.4 Å². The third-order valence-corrected chi connectivity index (χ3v) is 7.20. The zero-order chi connectivity index (χ0) is 21.2. The number of hydrogen-bond acceptors (Lipinski definition) is 2. The maximum Gasteiger partial charge on any atom is 0.336 e. The summed E-state index contributed by atoms with van der Waals surface area (Å²) in [5.41, 5.74) is 4.92. The predicted molar refractivity (Wildman–Crippen MR) is 117 cm³/mol. The van der Waals surface area contributed by atoms with Gasteiger partial charge in [0.2, 0.25) is 5.69 Å². The highest BCUT2D eigenvalue weighted by atomic mass is 31.2. The van der Waals surface area contributed by atoms with E-state index in [0.29, 0.717) is 6.42 Å². The van der Waals surface area contributed by atoms with E-state index in [4.69, 9.17) is 0 Å². The van der Waals surface area contributed by atoms with E-state index in [1.54, 1.807) is 24.5 Å². The van der Waals surface area contributed by atoms with Crippen LogP contribution in [-0.2, 0) is 11.0 Å². The molecule has 3 aromatic rings. The summed E-state index contributed by atoms with van der Waals surface area (Å²) in [6.07, 6.45) is 13.0. The van der Waals surface area contributed by atoms with Gasteiger partial charge in [0.05, 0.1) is 6.42 Å². The van der Waals surface area contributed by atoms with Gasteiger partial charge in [0.1, 0.15) is 5.16 Å². The Balaban J connectivity index is 1.86. The molecule has 2 N–H and O–H groups in total. The van der Waals surface area contributed by atoms with Crippen molar-refractivity contribution in [2.45, 2.75) is 24.9 Å². The van der Waals surface area contributed by atoms with Gasteiger partial charge < -0.3 is 9.79 Å². The van der Waals surface area contributed by atoms with Gasteiger partial charge in [0.25, 0.3) is 0 Å². The SMILES string of the molecule is Cc1ccc(-[n+]2ccc(-c3ccncc3)cc2CC2(P(=O)(O)O)C=CC=CC2)cc1. The molecule has 2 aromatic heterocycles. The third-order valence-electron chi connectivity index (χ3n) is 5.55. The molecule has 5 nitrogen and oxygen atoms in total. The second kappa shape index (κ2) is 8.11.